The van der Waals surface area contributed by atoms with Crippen LogP contribution in [-0.2, 0) is 7.05 Å². The number of fused-ring (bicyclic) bond motifs is 1. The molecule has 0 unspecified atom stereocenters. The molecule has 0 N–H and O–H groups in total. The van der Waals surface area contributed by atoms with Crippen molar-refractivity contribution in [2.24, 2.45) is 12.1 Å². The molecular weight excluding hydrogens is 238 g/mol. The first-order valence-corrected chi connectivity index (χ1v) is 6.13. The summed E-state index contributed by atoms with van der Waals surface area (Å²) in [4.78, 5) is 4.31. The lowest BCUT2D eigenvalue weighted by molar-refractivity contribution is 0.731. The highest BCUT2D eigenvalue weighted by molar-refractivity contribution is 5.83. The normalized spacial score (nSPS) is 11.7. The molecule has 0 fully saturated rings. The third-order valence-electron chi connectivity index (χ3n) is 3.31. The fourth-order valence-electron chi connectivity index (χ4n) is 2.13. The van der Waals surface area contributed by atoms with Gasteiger partial charge in [0.1, 0.15) is 6.33 Å². The SMILES string of the molecule is Cc1nn(C)c(C)c1/C=N\n1cnc2ccccc21. The van der Waals surface area contributed by atoms with Crippen molar-refractivity contribution >= 4 is 17.2 Å². The van der Waals surface area contributed by atoms with Gasteiger partial charge in [-0.2, -0.15) is 10.2 Å². The molecule has 0 saturated heterocycles. The predicted molar refractivity (Wildman–Crippen MR) is 75.4 cm³/mol. The van der Waals surface area contributed by atoms with Crippen molar-refractivity contribution < 1.29 is 0 Å². The van der Waals surface area contributed by atoms with E-state index in [1.807, 2.05) is 56.1 Å². The van der Waals surface area contributed by atoms with E-state index in [2.05, 4.69) is 15.2 Å². The molecule has 0 bridgehead atoms. The number of aromatic nitrogens is 4. The smallest absolute Gasteiger partial charge is 0.118 e. The number of para-hydroxylation sites is 2. The summed E-state index contributed by atoms with van der Waals surface area (Å²) in [5.41, 5.74) is 5.08. The van der Waals surface area contributed by atoms with Crippen molar-refractivity contribution in [3.05, 3.63) is 47.5 Å². The Morgan fingerprint density at radius 1 is 1.21 bits per heavy atom. The van der Waals surface area contributed by atoms with Crippen molar-refractivity contribution in [1.29, 1.82) is 0 Å². The second-order valence-corrected chi connectivity index (χ2v) is 4.53. The van der Waals surface area contributed by atoms with Crippen LogP contribution in [0.25, 0.3) is 11.0 Å². The first-order chi connectivity index (χ1) is 9.16. The summed E-state index contributed by atoms with van der Waals surface area (Å²) < 4.78 is 3.64. The molecule has 0 spiro atoms. The monoisotopic (exact) mass is 253 g/mol. The summed E-state index contributed by atoms with van der Waals surface area (Å²) in [6, 6.07) is 7.93. The number of rotatable bonds is 2. The van der Waals surface area contributed by atoms with E-state index in [0.717, 1.165) is 28.0 Å². The molecule has 5 heteroatoms. The molecule has 5 nitrogen and oxygen atoms in total. The van der Waals surface area contributed by atoms with Gasteiger partial charge in [-0.3, -0.25) is 4.68 Å². The summed E-state index contributed by atoms with van der Waals surface area (Å²) >= 11 is 0. The van der Waals surface area contributed by atoms with Crippen LogP contribution in [0, 0.1) is 13.8 Å². The fourth-order valence-corrected chi connectivity index (χ4v) is 2.13. The largest absolute Gasteiger partial charge is 0.272 e. The topological polar surface area (TPSA) is 48.0 Å². The number of nitrogens with zero attached hydrogens (tertiary/aromatic N) is 5. The van der Waals surface area contributed by atoms with Crippen LogP contribution in [0.1, 0.15) is 17.0 Å². The van der Waals surface area contributed by atoms with E-state index in [4.69, 9.17) is 0 Å². The third-order valence-corrected chi connectivity index (χ3v) is 3.31. The second kappa shape index (κ2) is 4.35. The Morgan fingerprint density at radius 2 is 2.00 bits per heavy atom. The summed E-state index contributed by atoms with van der Waals surface area (Å²) in [7, 11) is 1.94. The first kappa shape index (κ1) is 11.6. The molecule has 2 heterocycles. The zero-order valence-electron chi connectivity index (χ0n) is 11.2. The van der Waals surface area contributed by atoms with Crippen LogP contribution >= 0.6 is 0 Å². The summed E-state index contributed by atoms with van der Waals surface area (Å²) in [6.45, 7) is 4.02. The Labute approximate surface area is 111 Å². The van der Waals surface area contributed by atoms with Crippen LogP contribution in [0.4, 0.5) is 0 Å². The van der Waals surface area contributed by atoms with Crippen LogP contribution in [0.2, 0.25) is 0 Å². The zero-order chi connectivity index (χ0) is 13.4. The number of imidazole rings is 1. The van der Waals surface area contributed by atoms with Gasteiger partial charge < -0.3 is 0 Å². The van der Waals surface area contributed by atoms with Crippen molar-refractivity contribution in [1.82, 2.24) is 19.4 Å². The predicted octanol–water partition coefficient (Wildman–Crippen LogP) is 2.27. The molecule has 0 aliphatic heterocycles. The van der Waals surface area contributed by atoms with Gasteiger partial charge in [-0.15, -0.1) is 0 Å². The zero-order valence-corrected chi connectivity index (χ0v) is 11.2. The van der Waals surface area contributed by atoms with E-state index in [-0.39, 0.29) is 0 Å². The molecule has 3 rings (SSSR count). The minimum atomic E-state index is 0.944. The maximum absolute atomic E-state index is 4.48. The van der Waals surface area contributed by atoms with E-state index >= 15 is 0 Å². The first-order valence-electron chi connectivity index (χ1n) is 6.13. The number of hydrogen-bond donors (Lipinski definition) is 0. The molecule has 96 valence electrons. The number of aryl methyl sites for hydroxylation is 2. The van der Waals surface area contributed by atoms with Gasteiger partial charge in [0.15, 0.2) is 0 Å². The van der Waals surface area contributed by atoms with Gasteiger partial charge in [0.05, 0.1) is 22.9 Å². The molecule has 2 aromatic heterocycles. The van der Waals surface area contributed by atoms with Crippen molar-refractivity contribution in [2.45, 2.75) is 13.8 Å². The lowest BCUT2D eigenvalue weighted by atomic mass is 10.2. The van der Waals surface area contributed by atoms with Crippen LogP contribution in [0.5, 0.6) is 0 Å². The summed E-state index contributed by atoms with van der Waals surface area (Å²) in [5, 5.41) is 8.85. The molecule has 0 aliphatic rings. The number of hydrogen-bond acceptors (Lipinski definition) is 3. The van der Waals surface area contributed by atoms with Gasteiger partial charge >= 0.3 is 0 Å². The van der Waals surface area contributed by atoms with Gasteiger partial charge in [-0.25, -0.2) is 9.66 Å². The molecule has 1 aromatic carbocycles. The second-order valence-electron chi connectivity index (χ2n) is 4.53. The Morgan fingerprint density at radius 3 is 2.74 bits per heavy atom. The van der Waals surface area contributed by atoms with E-state index in [1.54, 1.807) is 11.0 Å². The van der Waals surface area contributed by atoms with Gasteiger partial charge in [0.2, 0.25) is 0 Å². The van der Waals surface area contributed by atoms with E-state index < -0.39 is 0 Å². The van der Waals surface area contributed by atoms with Crippen LogP contribution in [-0.4, -0.2) is 25.7 Å². The maximum Gasteiger partial charge on any atom is 0.118 e. The Bertz CT molecular complexity index is 763. The van der Waals surface area contributed by atoms with Crippen LogP contribution in [0.3, 0.4) is 0 Å². The molecule has 19 heavy (non-hydrogen) atoms. The average molecular weight is 253 g/mol. The highest BCUT2D eigenvalue weighted by atomic mass is 15.4. The van der Waals surface area contributed by atoms with E-state index in [9.17, 15) is 0 Å². The number of benzene rings is 1. The van der Waals surface area contributed by atoms with Crippen LogP contribution < -0.4 is 0 Å². The van der Waals surface area contributed by atoms with E-state index in [0.29, 0.717) is 0 Å². The molecule has 0 amide bonds. The lowest BCUT2D eigenvalue weighted by Gasteiger charge is -1.96. The molecule has 3 aromatic rings. The van der Waals surface area contributed by atoms with Crippen molar-refractivity contribution in [2.75, 3.05) is 0 Å². The quantitative estimate of drug-likeness (QED) is 0.658. The van der Waals surface area contributed by atoms with Gasteiger partial charge in [-0.05, 0) is 26.0 Å². The van der Waals surface area contributed by atoms with Gasteiger partial charge in [-0.1, -0.05) is 12.1 Å². The van der Waals surface area contributed by atoms with Gasteiger partial charge in [0, 0.05) is 18.3 Å². The molecule has 0 atom stereocenters. The summed E-state index contributed by atoms with van der Waals surface area (Å²) in [6.07, 6.45) is 3.56. The van der Waals surface area contributed by atoms with E-state index in [1.165, 1.54) is 0 Å². The Kier molecular flexibility index (Phi) is 2.67. The average Bonchev–Trinajstić information content (AvgIpc) is 2.91. The maximum atomic E-state index is 4.48. The Hall–Kier alpha value is -2.43. The molecule has 0 radical (unpaired) electrons. The highest BCUT2D eigenvalue weighted by Gasteiger charge is 2.07. The molecular formula is C14H15N5. The highest BCUT2D eigenvalue weighted by Crippen LogP contribution is 2.13. The fraction of sp³-hybridized carbons (Fsp3) is 0.214. The summed E-state index contributed by atoms with van der Waals surface area (Å²) in [5.74, 6) is 0. The van der Waals surface area contributed by atoms with Crippen molar-refractivity contribution in [3.8, 4) is 0 Å². The molecule has 0 saturated carbocycles. The lowest BCUT2D eigenvalue weighted by Crippen LogP contribution is -1.94. The van der Waals surface area contributed by atoms with Gasteiger partial charge in [0.25, 0.3) is 0 Å². The minimum absolute atomic E-state index is 0.944. The minimum Gasteiger partial charge on any atom is -0.272 e. The standard InChI is InChI=1S/C14H15N5/c1-10-12(11(2)18(3)17-10)8-16-19-9-15-13-6-4-5-7-14(13)19/h4-9H,1-3H3/b16-8-. The van der Waals surface area contributed by atoms with Crippen molar-refractivity contribution in [3.63, 3.8) is 0 Å². The third kappa shape index (κ3) is 1.93. The molecule has 0 aliphatic carbocycles. The Balaban J connectivity index is 2.03. The van der Waals surface area contributed by atoms with Crippen LogP contribution in [0.15, 0.2) is 35.7 Å².